The van der Waals surface area contributed by atoms with Crippen LogP contribution in [-0.4, -0.2) is 63.6 Å². The molecule has 1 atom stereocenters. The number of rotatable bonds is 6. The van der Waals surface area contributed by atoms with Crippen molar-refractivity contribution in [1.29, 1.82) is 0 Å². The molecule has 1 saturated heterocycles. The smallest absolute Gasteiger partial charge is 0.277 e. The van der Waals surface area contributed by atoms with Gasteiger partial charge in [-0.2, -0.15) is 5.10 Å². The summed E-state index contributed by atoms with van der Waals surface area (Å²) < 4.78 is 7.00. The molecule has 0 aromatic carbocycles. The lowest BCUT2D eigenvalue weighted by Gasteiger charge is -2.17. The first-order chi connectivity index (χ1) is 14.4. The van der Waals surface area contributed by atoms with Gasteiger partial charge < -0.3 is 14.6 Å². The van der Waals surface area contributed by atoms with E-state index < -0.39 is 5.91 Å². The number of carbonyl (C=O) groups excluding carboxylic acids is 2. The molecular formula is C20H23N7O3. The zero-order valence-corrected chi connectivity index (χ0v) is 17.1. The van der Waals surface area contributed by atoms with Crippen LogP contribution in [0.3, 0.4) is 0 Å². The molecule has 156 valence electrons. The summed E-state index contributed by atoms with van der Waals surface area (Å²) in [6.45, 7) is 1.38. The zero-order chi connectivity index (χ0) is 21.3. The Labute approximate surface area is 173 Å². The lowest BCUT2D eigenvalue weighted by atomic mass is 10.1. The van der Waals surface area contributed by atoms with Crippen LogP contribution < -0.4 is 10.2 Å². The molecule has 1 aliphatic rings. The van der Waals surface area contributed by atoms with Gasteiger partial charge in [0, 0.05) is 44.5 Å². The number of oxazole rings is 1. The molecule has 0 radical (unpaired) electrons. The minimum atomic E-state index is -0.440. The predicted molar refractivity (Wildman–Crippen MR) is 110 cm³/mol. The van der Waals surface area contributed by atoms with Crippen molar-refractivity contribution in [3.05, 3.63) is 42.7 Å². The number of hydrogen-bond acceptors (Lipinski definition) is 7. The lowest BCUT2D eigenvalue weighted by Crippen LogP contribution is -2.28. The van der Waals surface area contributed by atoms with E-state index in [9.17, 15) is 9.59 Å². The number of amides is 2. The van der Waals surface area contributed by atoms with Crippen molar-refractivity contribution < 1.29 is 14.0 Å². The van der Waals surface area contributed by atoms with Crippen LogP contribution in [0, 0.1) is 5.92 Å². The highest BCUT2D eigenvalue weighted by Crippen LogP contribution is 2.30. The maximum absolute atomic E-state index is 12.7. The van der Waals surface area contributed by atoms with Crippen molar-refractivity contribution in [1.82, 2.24) is 24.6 Å². The van der Waals surface area contributed by atoms with Crippen molar-refractivity contribution in [3.8, 4) is 11.5 Å². The average molecular weight is 409 g/mol. The van der Waals surface area contributed by atoms with Gasteiger partial charge in [-0.1, -0.05) is 0 Å². The normalized spacial score (nSPS) is 16.5. The molecule has 1 fully saturated rings. The Bertz CT molecular complexity index is 1060. The summed E-state index contributed by atoms with van der Waals surface area (Å²) in [5.74, 6) is 0.545. The van der Waals surface area contributed by atoms with Crippen LogP contribution in [0.1, 0.15) is 16.9 Å². The van der Waals surface area contributed by atoms with Gasteiger partial charge in [0.25, 0.3) is 5.91 Å². The molecule has 4 rings (SSSR count). The molecule has 3 aromatic heterocycles. The molecule has 10 heteroatoms. The fourth-order valence-corrected chi connectivity index (χ4v) is 3.58. The van der Waals surface area contributed by atoms with E-state index in [0.29, 0.717) is 30.4 Å². The van der Waals surface area contributed by atoms with E-state index in [1.807, 2.05) is 14.1 Å². The second-order valence-electron chi connectivity index (χ2n) is 7.60. The molecule has 1 N–H and O–H groups in total. The van der Waals surface area contributed by atoms with Crippen LogP contribution in [0.5, 0.6) is 0 Å². The molecule has 3 aromatic rings. The number of pyridine rings is 1. The molecule has 30 heavy (non-hydrogen) atoms. The first-order valence-corrected chi connectivity index (χ1v) is 9.56. The highest BCUT2D eigenvalue weighted by atomic mass is 16.3. The SMILES string of the molecule is CN(C)CC1CC(=O)N(c2nn(C)cc2NC(=O)c2coc(-c3ccncc3)n2)C1. The fourth-order valence-electron chi connectivity index (χ4n) is 3.58. The molecule has 10 nitrogen and oxygen atoms in total. The summed E-state index contributed by atoms with van der Waals surface area (Å²) in [4.78, 5) is 37.2. The third kappa shape index (κ3) is 4.08. The summed E-state index contributed by atoms with van der Waals surface area (Å²) >= 11 is 0. The number of aryl methyl sites for hydroxylation is 1. The minimum Gasteiger partial charge on any atom is -0.444 e. The Hall–Kier alpha value is -3.53. The van der Waals surface area contributed by atoms with E-state index >= 15 is 0 Å². The molecule has 0 saturated carbocycles. The first kappa shape index (κ1) is 19.8. The van der Waals surface area contributed by atoms with Gasteiger partial charge in [-0.05, 0) is 32.1 Å². The number of nitrogens with zero attached hydrogens (tertiary/aromatic N) is 6. The van der Waals surface area contributed by atoms with Gasteiger partial charge in [-0.25, -0.2) is 4.98 Å². The Morgan fingerprint density at radius 2 is 2.10 bits per heavy atom. The lowest BCUT2D eigenvalue weighted by molar-refractivity contribution is -0.117. The number of carbonyl (C=O) groups is 2. The molecule has 0 spiro atoms. The standard InChI is InChI=1S/C20H23N7O3/c1-25(2)9-13-8-17(28)27(10-13)18-15(11-26(3)24-18)22-19(29)16-12-30-20(23-16)14-4-6-21-7-5-14/h4-7,11-13H,8-10H2,1-3H3,(H,22,29). The van der Waals surface area contributed by atoms with Crippen molar-refractivity contribution in [2.45, 2.75) is 6.42 Å². The quantitative estimate of drug-likeness (QED) is 0.659. The molecule has 1 aliphatic heterocycles. The van der Waals surface area contributed by atoms with E-state index in [-0.39, 0.29) is 17.5 Å². The number of nitrogens with one attached hydrogen (secondary N) is 1. The van der Waals surface area contributed by atoms with Crippen LogP contribution in [0.4, 0.5) is 11.5 Å². The first-order valence-electron chi connectivity index (χ1n) is 9.56. The van der Waals surface area contributed by atoms with Crippen molar-refractivity contribution in [3.63, 3.8) is 0 Å². The van der Waals surface area contributed by atoms with Crippen LogP contribution in [-0.2, 0) is 11.8 Å². The Balaban J connectivity index is 1.51. The summed E-state index contributed by atoms with van der Waals surface area (Å²) in [5.41, 5.74) is 1.31. The van der Waals surface area contributed by atoms with E-state index in [0.717, 1.165) is 12.1 Å². The highest BCUT2D eigenvalue weighted by Gasteiger charge is 2.34. The second kappa shape index (κ2) is 8.07. The van der Waals surface area contributed by atoms with Crippen LogP contribution in [0.15, 0.2) is 41.4 Å². The number of anilines is 2. The van der Waals surface area contributed by atoms with E-state index in [1.54, 1.807) is 47.4 Å². The summed E-state index contributed by atoms with van der Waals surface area (Å²) in [6, 6.07) is 3.49. The van der Waals surface area contributed by atoms with E-state index in [4.69, 9.17) is 4.42 Å². The maximum atomic E-state index is 12.7. The van der Waals surface area contributed by atoms with Crippen molar-refractivity contribution in [2.75, 3.05) is 37.4 Å². The van der Waals surface area contributed by atoms with Gasteiger partial charge in [0.05, 0.1) is 6.20 Å². The minimum absolute atomic E-state index is 0.00235. The fraction of sp³-hybridized carbons (Fsp3) is 0.350. The third-order valence-corrected chi connectivity index (χ3v) is 4.81. The average Bonchev–Trinajstić information content (AvgIpc) is 3.41. The number of aromatic nitrogens is 4. The predicted octanol–water partition coefficient (Wildman–Crippen LogP) is 1.64. The molecule has 2 amide bonds. The molecule has 0 bridgehead atoms. The van der Waals surface area contributed by atoms with Crippen LogP contribution >= 0.6 is 0 Å². The molecule has 4 heterocycles. The maximum Gasteiger partial charge on any atom is 0.277 e. The van der Waals surface area contributed by atoms with Crippen LogP contribution in [0.25, 0.3) is 11.5 Å². The van der Waals surface area contributed by atoms with E-state index in [1.165, 1.54) is 6.26 Å². The molecule has 0 aliphatic carbocycles. The second-order valence-corrected chi connectivity index (χ2v) is 7.60. The Morgan fingerprint density at radius 3 is 2.83 bits per heavy atom. The van der Waals surface area contributed by atoms with Gasteiger partial charge in [-0.3, -0.25) is 24.2 Å². The van der Waals surface area contributed by atoms with Crippen molar-refractivity contribution >= 4 is 23.3 Å². The monoisotopic (exact) mass is 409 g/mol. The topological polar surface area (TPSA) is 109 Å². The summed E-state index contributed by atoms with van der Waals surface area (Å²) in [5, 5.41) is 7.20. The van der Waals surface area contributed by atoms with Gasteiger partial charge in [0.1, 0.15) is 12.0 Å². The Kier molecular flexibility index (Phi) is 5.32. The van der Waals surface area contributed by atoms with E-state index in [2.05, 4.69) is 25.3 Å². The summed E-state index contributed by atoms with van der Waals surface area (Å²) in [7, 11) is 5.71. The van der Waals surface area contributed by atoms with Crippen molar-refractivity contribution in [2.24, 2.45) is 13.0 Å². The number of hydrogen-bond donors (Lipinski definition) is 1. The van der Waals surface area contributed by atoms with Gasteiger partial charge >= 0.3 is 0 Å². The third-order valence-electron chi connectivity index (χ3n) is 4.81. The molecule has 1 unspecified atom stereocenters. The van der Waals surface area contributed by atoms with Gasteiger partial charge in [0.15, 0.2) is 11.5 Å². The highest BCUT2D eigenvalue weighted by molar-refractivity contribution is 6.06. The Morgan fingerprint density at radius 1 is 1.33 bits per heavy atom. The summed E-state index contributed by atoms with van der Waals surface area (Å²) in [6.07, 6.45) is 6.68. The largest absolute Gasteiger partial charge is 0.444 e. The molecular weight excluding hydrogens is 386 g/mol. The van der Waals surface area contributed by atoms with Gasteiger partial charge in [-0.15, -0.1) is 0 Å². The zero-order valence-electron chi connectivity index (χ0n) is 17.1. The van der Waals surface area contributed by atoms with Gasteiger partial charge in [0.2, 0.25) is 11.8 Å². The van der Waals surface area contributed by atoms with Crippen LogP contribution in [0.2, 0.25) is 0 Å².